The van der Waals surface area contributed by atoms with Gasteiger partial charge in [-0.2, -0.15) is 0 Å². The fourth-order valence-corrected chi connectivity index (χ4v) is 1.70. The molecule has 108 valence electrons. The van der Waals surface area contributed by atoms with Crippen molar-refractivity contribution in [3.63, 3.8) is 0 Å². The van der Waals surface area contributed by atoms with E-state index in [-0.39, 0.29) is 31.5 Å². The Morgan fingerprint density at radius 1 is 1.19 bits per heavy atom. The topological polar surface area (TPSA) is 127 Å². The molecule has 1 amide bonds. The number of benzene rings is 1. The van der Waals surface area contributed by atoms with Crippen LogP contribution in [0.5, 0.6) is 0 Å². The summed E-state index contributed by atoms with van der Waals surface area (Å²) in [5, 5.41) is 21.4. The summed E-state index contributed by atoms with van der Waals surface area (Å²) in [6.45, 7) is 0. The molecule has 1 atom stereocenters. The number of nitrogens with zero attached hydrogens (tertiary/aromatic N) is 1. The minimum absolute atomic E-state index is 0. The number of carboxylic acids is 2. The van der Waals surface area contributed by atoms with Crippen LogP contribution in [0.2, 0.25) is 0 Å². The fourth-order valence-electron chi connectivity index (χ4n) is 1.70. The maximum absolute atomic E-state index is 12.1. The van der Waals surface area contributed by atoms with Gasteiger partial charge in [-0.15, -0.1) is 0 Å². The second kappa shape index (κ2) is 8.36. The van der Waals surface area contributed by atoms with E-state index in [1.54, 1.807) is 0 Å². The maximum atomic E-state index is 12.1. The number of carbonyl (C=O) groups excluding carboxylic acids is 3. The molecule has 0 aliphatic heterocycles. The normalized spacial score (nSPS) is 11.1. The van der Waals surface area contributed by atoms with Crippen LogP contribution >= 0.6 is 0 Å². The van der Waals surface area contributed by atoms with Crippen LogP contribution in [-0.2, 0) is 29.1 Å². The Labute approximate surface area is 134 Å². The largest absolute Gasteiger partial charge is 2.00 e. The zero-order valence-electron chi connectivity index (χ0n) is 11.6. The molecule has 2 N–H and O–H groups in total. The van der Waals surface area contributed by atoms with E-state index in [1.165, 1.54) is 31.3 Å². The van der Waals surface area contributed by atoms with E-state index in [0.29, 0.717) is 5.69 Å². The molecule has 1 aromatic carbocycles. The zero-order valence-corrected chi connectivity index (χ0v) is 14.5. The van der Waals surface area contributed by atoms with Crippen LogP contribution in [0.1, 0.15) is 23.2 Å². The minimum Gasteiger partial charge on any atom is -0.550 e. The van der Waals surface area contributed by atoms with Crippen molar-refractivity contribution in [2.24, 2.45) is 0 Å². The van der Waals surface area contributed by atoms with Crippen molar-refractivity contribution in [2.75, 3.05) is 12.8 Å². The molecule has 1 aromatic rings. The van der Waals surface area contributed by atoms with E-state index < -0.39 is 30.3 Å². The molecular formula is C13H14N2O5Zn. The van der Waals surface area contributed by atoms with Gasteiger partial charge in [0.25, 0.3) is 5.91 Å². The second-order valence-corrected chi connectivity index (χ2v) is 4.28. The smallest absolute Gasteiger partial charge is 0.550 e. The van der Waals surface area contributed by atoms with E-state index in [4.69, 9.17) is 5.73 Å². The average molecular weight is 344 g/mol. The monoisotopic (exact) mass is 342 g/mol. The molecule has 0 bridgehead atoms. The number of nitrogens with two attached hydrogens (primary N) is 1. The van der Waals surface area contributed by atoms with Gasteiger partial charge >= 0.3 is 19.5 Å². The molecule has 7 nitrogen and oxygen atoms in total. The Kier molecular flexibility index (Phi) is 7.59. The Morgan fingerprint density at radius 2 is 1.71 bits per heavy atom. The molecule has 8 heteroatoms. The van der Waals surface area contributed by atoms with Gasteiger partial charge in [-0.25, -0.2) is 0 Å². The van der Waals surface area contributed by atoms with Crippen molar-refractivity contribution in [1.29, 1.82) is 0 Å². The Hall–Kier alpha value is -1.95. The predicted molar refractivity (Wildman–Crippen MR) is 66.0 cm³/mol. The summed E-state index contributed by atoms with van der Waals surface area (Å²) in [7, 11) is 1.27. The fraction of sp³-hybridized carbons (Fsp3) is 0.308. The summed E-state index contributed by atoms with van der Waals surface area (Å²) >= 11 is 0. The first-order chi connectivity index (χ1) is 9.32. The molecule has 0 unspecified atom stereocenters. The summed E-state index contributed by atoms with van der Waals surface area (Å²) < 4.78 is 0. The number of rotatable bonds is 6. The van der Waals surface area contributed by atoms with Crippen molar-refractivity contribution in [2.45, 2.75) is 18.9 Å². The van der Waals surface area contributed by atoms with Gasteiger partial charge in [0.2, 0.25) is 0 Å². The SMILES string of the molecule is CN(C(=O)c1ccc(N)cc1)[C@@H](CCC(=O)[O-])C(=O)[O-].[Zn+2]. The van der Waals surface area contributed by atoms with Gasteiger partial charge in [-0.3, -0.25) is 4.79 Å². The molecule has 21 heavy (non-hydrogen) atoms. The number of nitrogen functional groups attached to an aromatic ring is 1. The van der Waals surface area contributed by atoms with Gasteiger partial charge in [0.05, 0.1) is 12.0 Å². The number of anilines is 1. The van der Waals surface area contributed by atoms with Gasteiger partial charge in [-0.05, 0) is 37.1 Å². The number of carboxylic acid groups (broad SMARTS) is 2. The third-order valence-corrected chi connectivity index (χ3v) is 2.84. The zero-order chi connectivity index (χ0) is 15.3. The Morgan fingerprint density at radius 3 is 2.14 bits per heavy atom. The molecule has 0 saturated carbocycles. The van der Waals surface area contributed by atoms with Crippen molar-refractivity contribution in [3.05, 3.63) is 29.8 Å². The van der Waals surface area contributed by atoms with E-state index in [1.807, 2.05) is 0 Å². The van der Waals surface area contributed by atoms with Gasteiger partial charge < -0.3 is 30.4 Å². The second-order valence-electron chi connectivity index (χ2n) is 4.28. The molecule has 0 aliphatic carbocycles. The summed E-state index contributed by atoms with van der Waals surface area (Å²) in [5.74, 6) is -3.46. The molecule has 1 rings (SSSR count). The maximum Gasteiger partial charge on any atom is 2.00 e. The molecule has 0 spiro atoms. The van der Waals surface area contributed by atoms with Crippen molar-refractivity contribution in [1.82, 2.24) is 4.90 Å². The van der Waals surface area contributed by atoms with Crippen molar-refractivity contribution >= 4 is 23.5 Å². The first-order valence-electron chi connectivity index (χ1n) is 5.86. The number of aliphatic carboxylic acids is 2. The minimum atomic E-state index is -1.52. The number of likely N-dealkylation sites (N-methyl/N-ethyl adjacent to an activating group) is 1. The summed E-state index contributed by atoms with van der Waals surface area (Å²) in [6.07, 6.45) is -0.750. The Balaban J connectivity index is 0.00000400. The van der Waals surface area contributed by atoms with E-state index in [0.717, 1.165) is 4.90 Å². The van der Waals surface area contributed by atoms with Gasteiger partial charge in [0, 0.05) is 24.3 Å². The first kappa shape index (κ1) is 19.1. The van der Waals surface area contributed by atoms with Crippen LogP contribution in [0.3, 0.4) is 0 Å². The van der Waals surface area contributed by atoms with E-state index in [2.05, 4.69) is 0 Å². The van der Waals surface area contributed by atoms with E-state index in [9.17, 15) is 24.6 Å². The number of amides is 1. The van der Waals surface area contributed by atoms with Crippen LogP contribution < -0.4 is 15.9 Å². The quantitative estimate of drug-likeness (QED) is 0.469. The number of hydrogen-bond donors (Lipinski definition) is 1. The standard InChI is InChI=1S/C13H16N2O5.Zn/c1-15(10(13(19)20)6-7-11(16)17)12(18)8-2-4-9(14)5-3-8;/h2-5,10H,6-7,14H2,1H3,(H,16,17)(H,19,20);/q;+2/p-2/t10-;/m0./s1. The van der Waals surface area contributed by atoms with Crippen LogP contribution in [0.15, 0.2) is 24.3 Å². The van der Waals surface area contributed by atoms with Crippen LogP contribution in [0.25, 0.3) is 0 Å². The summed E-state index contributed by atoms with van der Waals surface area (Å²) in [6, 6.07) is 4.60. The summed E-state index contributed by atoms with van der Waals surface area (Å²) in [4.78, 5) is 34.4. The molecular weight excluding hydrogens is 330 g/mol. The molecule has 0 radical (unpaired) electrons. The third-order valence-electron chi connectivity index (χ3n) is 2.84. The number of hydrogen-bond acceptors (Lipinski definition) is 6. The van der Waals surface area contributed by atoms with Crippen LogP contribution in [0, 0.1) is 0 Å². The number of carbonyl (C=O) groups is 3. The molecule has 0 fully saturated rings. The molecule has 0 saturated heterocycles. The van der Waals surface area contributed by atoms with Crippen LogP contribution in [-0.4, -0.2) is 35.8 Å². The molecule has 0 aromatic heterocycles. The molecule has 0 heterocycles. The van der Waals surface area contributed by atoms with E-state index >= 15 is 0 Å². The molecule has 0 aliphatic rings. The first-order valence-corrected chi connectivity index (χ1v) is 5.86. The van der Waals surface area contributed by atoms with Crippen molar-refractivity contribution in [3.8, 4) is 0 Å². The van der Waals surface area contributed by atoms with Gasteiger partial charge in [0.1, 0.15) is 0 Å². The summed E-state index contributed by atoms with van der Waals surface area (Å²) in [5.41, 5.74) is 6.21. The van der Waals surface area contributed by atoms with Crippen molar-refractivity contribution < 1.29 is 44.1 Å². The third kappa shape index (κ3) is 5.51. The predicted octanol–water partition coefficient (Wildman–Crippen LogP) is -2.01. The average Bonchev–Trinajstić information content (AvgIpc) is 2.38. The Bertz CT molecular complexity index is 518. The van der Waals surface area contributed by atoms with Gasteiger partial charge in [-0.1, -0.05) is 0 Å². The van der Waals surface area contributed by atoms with Crippen LogP contribution in [0.4, 0.5) is 5.69 Å². The van der Waals surface area contributed by atoms with Gasteiger partial charge in [0.15, 0.2) is 0 Å².